The number of carbonyl (C=O) groups excluding carboxylic acids is 2. The van der Waals surface area contributed by atoms with Crippen LogP contribution in [0.4, 0.5) is 0 Å². The van der Waals surface area contributed by atoms with Crippen LogP contribution in [-0.2, 0) is 11.8 Å². The lowest BCUT2D eigenvalue weighted by molar-refractivity contribution is -0.125. The van der Waals surface area contributed by atoms with Crippen LogP contribution in [0.5, 0.6) is 0 Å². The third-order valence-corrected chi connectivity index (χ3v) is 6.13. The number of rotatable bonds is 4. The van der Waals surface area contributed by atoms with Crippen LogP contribution in [0.15, 0.2) is 36.7 Å². The van der Waals surface area contributed by atoms with Crippen molar-refractivity contribution >= 4 is 11.8 Å². The van der Waals surface area contributed by atoms with E-state index in [-0.39, 0.29) is 29.7 Å². The van der Waals surface area contributed by atoms with E-state index in [1.54, 1.807) is 4.68 Å². The fraction of sp³-hybridized carbons (Fsp3) is 0.500. The van der Waals surface area contributed by atoms with Crippen LogP contribution in [0, 0.1) is 12.8 Å². The molecule has 0 aliphatic carbocycles. The number of hydrogen-bond donors (Lipinski definition) is 2. The molecule has 4 rings (SSSR count). The summed E-state index contributed by atoms with van der Waals surface area (Å²) in [6.45, 7) is 4.85. The van der Waals surface area contributed by atoms with Crippen LogP contribution >= 0.6 is 0 Å². The van der Waals surface area contributed by atoms with Gasteiger partial charge in [0.15, 0.2) is 0 Å². The lowest BCUT2D eigenvalue weighted by Gasteiger charge is -2.33. The maximum absolute atomic E-state index is 12.9. The van der Waals surface area contributed by atoms with Crippen molar-refractivity contribution in [1.29, 1.82) is 0 Å². The summed E-state index contributed by atoms with van der Waals surface area (Å²) in [7, 11) is 1.90. The van der Waals surface area contributed by atoms with Crippen molar-refractivity contribution in [3.8, 4) is 0 Å². The van der Waals surface area contributed by atoms with Crippen LogP contribution < -0.4 is 10.6 Å². The molecular formula is C22H29N5O2. The van der Waals surface area contributed by atoms with Crippen molar-refractivity contribution in [2.45, 2.75) is 31.7 Å². The molecule has 7 heteroatoms. The summed E-state index contributed by atoms with van der Waals surface area (Å²) in [6, 6.07) is 7.83. The Kier molecular flexibility index (Phi) is 5.67. The summed E-state index contributed by atoms with van der Waals surface area (Å²) in [5, 5.41) is 10.8. The first kappa shape index (κ1) is 19.6. The van der Waals surface area contributed by atoms with E-state index < -0.39 is 0 Å². The van der Waals surface area contributed by atoms with Crippen molar-refractivity contribution in [3.05, 3.63) is 53.3 Å². The van der Waals surface area contributed by atoms with E-state index in [4.69, 9.17) is 0 Å². The zero-order valence-electron chi connectivity index (χ0n) is 17.1. The zero-order valence-corrected chi connectivity index (χ0v) is 17.1. The van der Waals surface area contributed by atoms with Gasteiger partial charge in [-0.3, -0.25) is 14.3 Å². The molecule has 0 spiro atoms. The normalized spacial score (nSPS) is 22.6. The first-order valence-electron chi connectivity index (χ1n) is 10.4. The highest BCUT2D eigenvalue weighted by Crippen LogP contribution is 2.28. The molecule has 0 radical (unpaired) electrons. The number of amides is 2. The first-order chi connectivity index (χ1) is 14.0. The second-order valence-electron chi connectivity index (χ2n) is 8.26. The summed E-state index contributed by atoms with van der Waals surface area (Å²) in [5.41, 5.74) is 2.99. The molecule has 2 aliphatic rings. The maximum atomic E-state index is 12.9. The molecule has 7 nitrogen and oxygen atoms in total. The van der Waals surface area contributed by atoms with Crippen LogP contribution in [0.25, 0.3) is 0 Å². The third kappa shape index (κ3) is 4.34. The number of aryl methyl sites for hydroxylation is 2. The molecule has 2 N–H and O–H groups in total. The summed E-state index contributed by atoms with van der Waals surface area (Å²) in [5.74, 6) is 0.261. The summed E-state index contributed by atoms with van der Waals surface area (Å²) >= 11 is 0. The van der Waals surface area contributed by atoms with Crippen molar-refractivity contribution in [3.63, 3.8) is 0 Å². The minimum Gasteiger partial charge on any atom is -0.353 e. The smallest absolute Gasteiger partial charge is 0.253 e. The Labute approximate surface area is 171 Å². The van der Waals surface area contributed by atoms with Crippen molar-refractivity contribution < 1.29 is 9.59 Å². The predicted octanol–water partition coefficient (Wildman–Crippen LogP) is 1.45. The van der Waals surface area contributed by atoms with Gasteiger partial charge in [0.05, 0.1) is 12.1 Å². The molecule has 2 saturated heterocycles. The van der Waals surface area contributed by atoms with Crippen LogP contribution in [0.1, 0.15) is 40.2 Å². The molecule has 2 fully saturated rings. The Bertz CT molecular complexity index is 868. The maximum Gasteiger partial charge on any atom is 0.253 e. The van der Waals surface area contributed by atoms with Gasteiger partial charge in [0.2, 0.25) is 5.91 Å². The van der Waals surface area contributed by atoms with Gasteiger partial charge >= 0.3 is 0 Å². The molecular weight excluding hydrogens is 366 g/mol. The molecule has 1 aromatic heterocycles. The molecule has 0 bridgehead atoms. The van der Waals surface area contributed by atoms with Gasteiger partial charge in [0, 0.05) is 56.9 Å². The topological polar surface area (TPSA) is 79.3 Å². The number of nitrogens with zero attached hydrogens (tertiary/aromatic N) is 3. The average Bonchev–Trinajstić information content (AvgIpc) is 3.37. The lowest BCUT2D eigenvalue weighted by atomic mass is 9.89. The van der Waals surface area contributed by atoms with Gasteiger partial charge in [-0.1, -0.05) is 17.7 Å². The van der Waals surface area contributed by atoms with Gasteiger partial charge in [0.25, 0.3) is 5.91 Å². The summed E-state index contributed by atoms with van der Waals surface area (Å²) in [4.78, 5) is 27.5. The Hall–Kier alpha value is -2.67. The fourth-order valence-corrected chi connectivity index (χ4v) is 4.35. The third-order valence-electron chi connectivity index (χ3n) is 6.13. The Morgan fingerprint density at radius 1 is 1.14 bits per heavy atom. The predicted molar refractivity (Wildman–Crippen MR) is 111 cm³/mol. The van der Waals surface area contributed by atoms with E-state index in [1.165, 1.54) is 0 Å². The highest BCUT2D eigenvalue weighted by Gasteiger charge is 2.36. The molecule has 29 heavy (non-hydrogen) atoms. The molecule has 0 saturated carbocycles. The number of carbonyl (C=O) groups is 2. The van der Waals surface area contributed by atoms with Crippen molar-refractivity contribution in [2.24, 2.45) is 13.0 Å². The number of benzene rings is 1. The van der Waals surface area contributed by atoms with E-state index in [0.29, 0.717) is 19.6 Å². The van der Waals surface area contributed by atoms with E-state index in [0.717, 1.165) is 36.1 Å². The van der Waals surface area contributed by atoms with E-state index >= 15 is 0 Å². The van der Waals surface area contributed by atoms with Crippen LogP contribution in [-0.4, -0.2) is 58.7 Å². The second-order valence-corrected chi connectivity index (χ2v) is 8.26. The van der Waals surface area contributed by atoms with Crippen molar-refractivity contribution in [1.82, 2.24) is 25.3 Å². The molecule has 1 aromatic carbocycles. The number of likely N-dealkylation sites (tertiary alicyclic amines) is 1. The second kappa shape index (κ2) is 8.37. The molecule has 2 aromatic rings. The fourth-order valence-electron chi connectivity index (χ4n) is 4.35. The quantitative estimate of drug-likeness (QED) is 0.821. The standard InChI is InChI=1S/C22H29N5O2/c1-15-3-5-16(6-4-15)22(29)27-9-7-18(8-10-27)25-21(28)20-13-23-12-19(20)17-11-24-26(2)14-17/h3-6,11,14,18-20,23H,7-10,12-13H2,1-2H3,(H,25,28)/t19-,20+/m1/s1. The monoisotopic (exact) mass is 395 g/mol. The van der Waals surface area contributed by atoms with Gasteiger partial charge in [0.1, 0.15) is 0 Å². The number of hydrogen-bond acceptors (Lipinski definition) is 4. The van der Waals surface area contributed by atoms with Crippen LogP contribution in [0.2, 0.25) is 0 Å². The minimum atomic E-state index is -0.0774. The average molecular weight is 396 g/mol. The lowest BCUT2D eigenvalue weighted by Crippen LogP contribution is -2.48. The number of aromatic nitrogens is 2. The number of piperidine rings is 1. The first-order valence-corrected chi connectivity index (χ1v) is 10.4. The highest BCUT2D eigenvalue weighted by molar-refractivity contribution is 5.94. The molecule has 2 aliphatic heterocycles. The van der Waals surface area contributed by atoms with Crippen LogP contribution in [0.3, 0.4) is 0 Å². The highest BCUT2D eigenvalue weighted by atomic mass is 16.2. The van der Waals surface area contributed by atoms with Gasteiger partial charge in [-0.25, -0.2) is 0 Å². The van der Waals surface area contributed by atoms with Gasteiger partial charge in [-0.15, -0.1) is 0 Å². The van der Waals surface area contributed by atoms with E-state index in [1.807, 2.05) is 55.5 Å². The summed E-state index contributed by atoms with van der Waals surface area (Å²) < 4.78 is 1.78. The van der Waals surface area contributed by atoms with Crippen molar-refractivity contribution in [2.75, 3.05) is 26.2 Å². The summed E-state index contributed by atoms with van der Waals surface area (Å²) in [6.07, 6.45) is 5.43. The largest absolute Gasteiger partial charge is 0.353 e. The molecule has 2 atom stereocenters. The SMILES string of the molecule is Cc1ccc(C(=O)N2CCC(NC(=O)[C@H]3CNC[C@@H]3c3cnn(C)c3)CC2)cc1. The minimum absolute atomic E-state index is 0.0754. The molecule has 3 heterocycles. The number of nitrogens with one attached hydrogen (secondary N) is 2. The molecule has 0 unspecified atom stereocenters. The Balaban J connectivity index is 1.30. The van der Waals surface area contributed by atoms with E-state index in [9.17, 15) is 9.59 Å². The molecule has 2 amide bonds. The Morgan fingerprint density at radius 3 is 2.52 bits per heavy atom. The Morgan fingerprint density at radius 2 is 1.86 bits per heavy atom. The van der Waals surface area contributed by atoms with Gasteiger partial charge in [-0.2, -0.15) is 5.10 Å². The molecule has 154 valence electrons. The zero-order chi connectivity index (χ0) is 20.4. The van der Waals surface area contributed by atoms with Gasteiger partial charge < -0.3 is 15.5 Å². The van der Waals surface area contributed by atoms with Gasteiger partial charge in [-0.05, 0) is 37.5 Å². The van der Waals surface area contributed by atoms with E-state index in [2.05, 4.69) is 15.7 Å².